The Hall–Kier alpha value is -1.59. The number of benzene rings is 1. The summed E-state index contributed by atoms with van der Waals surface area (Å²) in [5.74, 6) is 0.0699. The van der Waals surface area contributed by atoms with Crippen LogP contribution in [0.4, 0.5) is 0 Å². The molecule has 0 saturated carbocycles. The van der Waals surface area contributed by atoms with Crippen LogP contribution in [0.2, 0.25) is 0 Å². The maximum atomic E-state index is 12.4. The van der Waals surface area contributed by atoms with Gasteiger partial charge in [-0.3, -0.25) is 14.8 Å². The number of para-hydroxylation sites is 1. The molecule has 0 bridgehead atoms. The van der Waals surface area contributed by atoms with Gasteiger partial charge in [0.15, 0.2) is 5.78 Å². The van der Waals surface area contributed by atoms with Gasteiger partial charge in [0.05, 0.1) is 11.0 Å². The number of carbonyl (C=O) groups excluding carboxylic acids is 1. The molecule has 0 aliphatic rings. The second-order valence-corrected chi connectivity index (χ2v) is 5.97. The highest BCUT2D eigenvalue weighted by molar-refractivity contribution is 9.10. The third-order valence-electron chi connectivity index (χ3n) is 2.76. The van der Waals surface area contributed by atoms with Gasteiger partial charge in [-0.15, -0.1) is 11.3 Å². The first-order chi connectivity index (χ1) is 9.24. The molecule has 3 rings (SSSR count). The number of hydrogen-bond acceptors (Lipinski definition) is 4. The van der Waals surface area contributed by atoms with Crippen molar-refractivity contribution in [3.8, 4) is 0 Å². The van der Waals surface area contributed by atoms with Crippen molar-refractivity contribution in [3.63, 3.8) is 0 Å². The van der Waals surface area contributed by atoms with Crippen molar-refractivity contribution in [3.05, 3.63) is 57.0 Å². The highest BCUT2D eigenvalue weighted by atomic mass is 79.9. The minimum Gasteiger partial charge on any atom is -0.294 e. The monoisotopic (exact) mass is 332 g/mol. The van der Waals surface area contributed by atoms with Crippen molar-refractivity contribution < 1.29 is 4.79 Å². The molecule has 2 aromatic heterocycles. The number of aromatic nitrogens is 2. The van der Waals surface area contributed by atoms with E-state index in [9.17, 15) is 4.79 Å². The topological polar surface area (TPSA) is 42.9 Å². The number of fused-ring (bicyclic) bond motifs is 1. The van der Waals surface area contributed by atoms with Crippen LogP contribution in [0.5, 0.6) is 0 Å². The van der Waals surface area contributed by atoms with E-state index < -0.39 is 0 Å². The van der Waals surface area contributed by atoms with Crippen LogP contribution < -0.4 is 0 Å². The molecule has 0 spiro atoms. The Morgan fingerprint density at radius 1 is 1.26 bits per heavy atom. The molecule has 94 valence electrons. The number of hydrogen-bond donors (Lipinski definition) is 0. The second kappa shape index (κ2) is 5.19. The Morgan fingerprint density at radius 3 is 2.89 bits per heavy atom. The van der Waals surface area contributed by atoms with Crippen molar-refractivity contribution in [1.82, 2.24) is 9.97 Å². The largest absolute Gasteiger partial charge is 0.294 e. The van der Waals surface area contributed by atoms with E-state index in [2.05, 4.69) is 25.9 Å². The summed E-state index contributed by atoms with van der Waals surface area (Å²) >= 11 is 4.97. The van der Waals surface area contributed by atoms with Crippen LogP contribution in [0, 0.1) is 0 Å². The van der Waals surface area contributed by atoms with Gasteiger partial charge >= 0.3 is 0 Å². The number of thiophene rings is 1. The summed E-state index contributed by atoms with van der Waals surface area (Å²) < 4.78 is 1.01. The highest BCUT2D eigenvalue weighted by Crippen LogP contribution is 2.22. The lowest BCUT2D eigenvalue weighted by Crippen LogP contribution is -2.04. The van der Waals surface area contributed by atoms with Crippen LogP contribution in [-0.2, 0) is 6.42 Å². The van der Waals surface area contributed by atoms with Gasteiger partial charge in [-0.1, -0.05) is 6.07 Å². The van der Waals surface area contributed by atoms with E-state index in [1.807, 2.05) is 29.6 Å². The van der Waals surface area contributed by atoms with Crippen molar-refractivity contribution in [2.75, 3.05) is 0 Å². The number of halogens is 1. The zero-order valence-corrected chi connectivity index (χ0v) is 12.2. The van der Waals surface area contributed by atoms with Crippen LogP contribution in [-0.4, -0.2) is 15.8 Å². The van der Waals surface area contributed by atoms with Crippen LogP contribution >= 0.6 is 27.3 Å². The van der Waals surface area contributed by atoms with Crippen LogP contribution in [0.3, 0.4) is 0 Å². The van der Waals surface area contributed by atoms with Gasteiger partial charge < -0.3 is 0 Å². The molecule has 5 heteroatoms. The zero-order valence-electron chi connectivity index (χ0n) is 9.84. The molecule has 0 atom stereocenters. The summed E-state index contributed by atoms with van der Waals surface area (Å²) in [6.45, 7) is 0. The van der Waals surface area contributed by atoms with E-state index in [-0.39, 0.29) is 5.78 Å². The molecule has 0 saturated heterocycles. The first-order valence-electron chi connectivity index (χ1n) is 5.70. The summed E-state index contributed by atoms with van der Waals surface area (Å²) in [7, 11) is 0. The van der Waals surface area contributed by atoms with Gasteiger partial charge in [-0.25, -0.2) is 0 Å². The predicted octanol–water partition coefficient (Wildman–Crippen LogP) is 3.88. The summed E-state index contributed by atoms with van der Waals surface area (Å²) in [5.41, 5.74) is 2.06. The predicted molar refractivity (Wildman–Crippen MR) is 79.6 cm³/mol. The SMILES string of the molecule is O=C(Cc1cc(Br)cs1)c1cccc2nccnc12. The van der Waals surface area contributed by atoms with E-state index in [4.69, 9.17) is 0 Å². The smallest absolute Gasteiger partial charge is 0.170 e. The number of Topliss-reactive ketones (excluding diaryl/α,β-unsaturated/α-hetero) is 1. The molecule has 0 N–H and O–H groups in total. The van der Waals surface area contributed by atoms with Crippen molar-refractivity contribution in [1.29, 1.82) is 0 Å². The standard InChI is InChI=1S/C14H9BrN2OS/c15-9-6-10(19-8-9)7-13(18)11-2-1-3-12-14(11)17-5-4-16-12/h1-6,8H,7H2. The van der Waals surface area contributed by atoms with Crippen LogP contribution in [0.15, 0.2) is 46.5 Å². The first kappa shape index (κ1) is 12.4. The highest BCUT2D eigenvalue weighted by Gasteiger charge is 2.13. The normalized spacial score (nSPS) is 10.8. The molecule has 0 amide bonds. The molecule has 19 heavy (non-hydrogen) atoms. The molecule has 2 heterocycles. The number of rotatable bonds is 3. The third-order valence-corrected chi connectivity index (χ3v) is 4.45. The van der Waals surface area contributed by atoms with E-state index in [1.165, 1.54) is 0 Å². The van der Waals surface area contributed by atoms with Gasteiger partial charge in [0.1, 0.15) is 0 Å². The zero-order chi connectivity index (χ0) is 13.2. The second-order valence-electron chi connectivity index (χ2n) is 4.06. The van der Waals surface area contributed by atoms with E-state index in [0.29, 0.717) is 17.5 Å². The maximum absolute atomic E-state index is 12.4. The number of nitrogens with zero attached hydrogens (tertiary/aromatic N) is 2. The fourth-order valence-corrected chi connectivity index (χ4v) is 3.37. The van der Waals surface area contributed by atoms with Gasteiger partial charge in [0, 0.05) is 39.1 Å². The average Bonchev–Trinajstić information content (AvgIpc) is 2.83. The molecule has 3 nitrogen and oxygen atoms in total. The summed E-state index contributed by atoms with van der Waals surface area (Å²) in [4.78, 5) is 21.9. The molecule has 0 aliphatic carbocycles. The lowest BCUT2D eigenvalue weighted by molar-refractivity contribution is 0.0995. The molecule has 3 aromatic rings. The van der Waals surface area contributed by atoms with Crippen LogP contribution in [0.25, 0.3) is 11.0 Å². The molecule has 0 aliphatic heterocycles. The Labute approximate surface area is 122 Å². The molecule has 0 radical (unpaired) electrons. The first-order valence-corrected chi connectivity index (χ1v) is 7.37. The fourth-order valence-electron chi connectivity index (χ4n) is 1.92. The lowest BCUT2D eigenvalue weighted by atomic mass is 10.1. The lowest BCUT2D eigenvalue weighted by Gasteiger charge is -2.03. The maximum Gasteiger partial charge on any atom is 0.170 e. The quantitative estimate of drug-likeness (QED) is 0.683. The van der Waals surface area contributed by atoms with Gasteiger partial charge in [0.2, 0.25) is 0 Å². The molecule has 0 unspecified atom stereocenters. The number of ketones is 1. The summed E-state index contributed by atoms with van der Waals surface area (Å²) in [6.07, 6.45) is 3.64. The Bertz CT molecular complexity index is 749. The van der Waals surface area contributed by atoms with E-state index >= 15 is 0 Å². The summed E-state index contributed by atoms with van der Waals surface area (Å²) in [6, 6.07) is 7.48. The number of carbonyl (C=O) groups is 1. The minimum atomic E-state index is 0.0699. The minimum absolute atomic E-state index is 0.0699. The third kappa shape index (κ3) is 2.57. The van der Waals surface area contributed by atoms with Gasteiger partial charge in [-0.05, 0) is 34.1 Å². The Balaban J connectivity index is 1.97. The molecular formula is C14H9BrN2OS. The summed E-state index contributed by atoms with van der Waals surface area (Å²) in [5, 5.41) is 1.98. The van der Waals surface area contributed by atoms with Gasteiger partial charge in [0.25, 0.3) is 0 Å². The van der Waals surface area contributed by atoms with Crippen molar-refractivity contribution in [2.45, 2.75) is 6.42 Å². The van der Waals surface area contributed by atoms with Crippen molar-refractivity contribution in [2.24, 2.45) is 0 Å². The van der Waals surface area contributed by atoms with Crippen LogP contribution in [0.1, 0.15) is 15.2 Å². The van der Waals surface area contributed by atoms with Crippen molar-refractivity contribution >= 4 is 44.1 Å². The van der Waals surface area contributed by atoms with Gasteiger partial charge in [-0.2, -0.15) is 0 Å². The fraction of sp³-hybridized carbons (Fsp3) is 0.0714. The Kier molecular flexibility index (Phi) is 3.40. The molecular weight excluding hydrogens is 324 g/mol. The molecule has 1 aromatic carbocycles. The van der Waals surface area contributed by atoms with E-state index in [0.717, 1.165) is 14.9 Å². The Morgan fingerprint density at radius 2 is 2.11 bits per heavy atom. The molecule has 0 fully saturated rings. The van der Waals surface area contributed by atoms with E-state index in [1.54, 1.807) is 23.7 Å². The average molecular weight is 333 g/mol.